The van der Waals surface area contributed by atoms with Crippen molar-refractivity contribution in [1.29, 1.82) is 0 Å². The topological polar surface area (TPSA) is 58.1 Å². The number of rotatable bonds is 4. The number of fused-ring (bicyclic) bond motifs is 1. The molecule has 2 atom stereocenters. The van der Waals surface area contributed by atoms with Crippen molar-refractivity contribution in [1.82, 2.24) is 15.3 Å². The van der Waals surface area contributed by atoms with Crippen LogP contribution in [0.1, 0.15) is 36.4 Å². The van der Waals surface area contributed by atoms with Gasteiger partial charge in [-0.1, -0.05) is 24.3 Å². The molecule has 3 heterocycles. The average Bonchev–Trinajstić information content (AvgIpc) is 3.33. The van der Waals surface area contributed by atoms with Crippen LogP contribution in [0.25, 0.3) is 10.9 Å². The summed E-state index contributed by atoms with van der Waals surface area (Å²) >= 11 is 1.66. The van der Waals surface area contributed by atoms with Crippen molar-refractivity contribution in [2.24, 2.45) is 0 Å². The average molecular weight is 366 g/mol. The molecule has 0 bridgehead atoms. The van der Waals surface area contributed by atoms with Crippen LogP contribution in [0.5, 0.6) is 0 Å². The van der Waals surface area contributed by atoms with E-state index in [0.29, 0.717) is 5.95 Å². The Labute approximate surface area is 157 Å². The number of hydrogen-bond acceptors (Lipinski definition) is 5. The molecule has 6 heteroatoms. The number of carbonyl (C=O) groups excluding carboxylic acids is 1. The second-order valence-corrected chi connectivity index (χ2v) is 7.70. The fourth-order valence-corrected chi connectivity index (χ4v) is 4.28. The molecule has 2 aromatic heterocycles. The molecule has 1 fully saturated rings. The summed E-state index contributed by atoms with van der Waals surface area (Å²) in [5, 5.41) is 6.24. The monoisotopic (exact) mass is 366 g/mol. The van der Waals surface area contributed by atoms with E-state index in [-0.39, 0.29) is 18.0 Å². The molecule has 0 radical (unpaired) electrons. The van der Waals surface area contributed by atoms with Crippen LogP contribution in [0.4, 0.5) is 5.95 Å². The van der Waals surface area contributed by atoms with E-state index in [1.807, 2.05) is 49.6 Å². The molecule has 1 saturated heterocycles. The Kier molecular flexibility index (Phi) is 4.59. The molecule has 4 rings (SSSR count). The molecule has 1 aliphatic heterocycles. The number of amides is 1. The highest BCUT2D eigenvalue weighted by Gasteiger charge is 2.33. The minimum atomic E-state index is -0.210. The molecular weight excluding hydrogens is 344 g/mol. The molecule has 0 aliphatic carbocycles. The van der Waals surface area contributed by atoms with Crippen molar-refractivity contribution in [3.8, 4) is 0 Å². The summed E-state index contributed by atoms with van der Waals surface area (Å²) in [5.74, 6) is 0.709. The first-order chi connectivity index (χ1) is 12.6. The molecule has 1 N–H and O–H groups in total. The van der Waals surface area contributed by atoms with Crippen LogP contribution in [0.3, 0.4) is 0 Å². The smallest absolute Gasteiger partial charge is 0.243 e. The Morgan fingerprint density at radius 2 is 2.12 bits per heavy atom. The summed E-state index contributed by atoms with van der Waals surface area (Å²) in [6.07, 6.45) is 1.80. The highest BCUT2D eigenvalue weighted by atomic mass is 32.1. The van der Waals surface area contributed by atoms with Crippen LogP contribution in [-0.4, -0.2) is 28.5 Å². The lowest BCUT2D eigenvalue weighted by atomic mass is 10.2. The van der Waals surface area contributed by atoms with Crippen molar-refractivity contribution in [3.63, 3.8) is 0 Å². The zero-order chi connectivity index (χ0) is 18.1. The number of benzene rings is 1. The van der Waals surface area contributed by atoms with E-state index >= 15 is 0 Å². The Balaban J connectivity index is 1.57. The van der Waals surface area contributed by atoms with Crippen LogP contribution in [0, 0.1) is 6.92 Å². The molecule has 1 amide bonds. The summed E-state index contributed by atoms with van der Waals surface area (Å²) in [4.78, 5) is 25.5. The first-order valence-electron chi connectivity index (χ1n) is 8.97. The fourth-order valence-electron chi connectivity index (χ4n) is 3.55. The van der Waals surface area contributed by atoms with Gasteiger partial charge in [0.1, 0.15) is 6.04 Å². The minimum Gasteiger partial charge on any atom is -0.347 e. The van der Waals surface area contributed by atoms with E-state index in [0.717, 1.165) is 36.0 Å². The van der Waals surface area contributed by atoms with Gasteiger partial charge in [0.05, 0.1) is 17.3 Å². The molecule has 134 valence electrons. The minimum absolute atomic E-state index is 0.0178. The number of carbonyl (C=O) groups is 1. The van der Waals surface area contributed by atoms with Gasteiger partial charge in [0.2, 0.25) is 11.9 Å². The van der Waals surface area contributed by atoms with E-state index in [2.05, 4.69) is 21.3 Å². The van der Waals surface area contributed by atoms with E-state index in [1.54, 1.807) is 11.3 Å². The molecule has 3 aromatic rings. The highest BCUT2D eigenvalue weighted by Crippen LogP contribution is 2.26. The van der Waals surface area contributed by atoms with Gasteiger partial charge >= 0.3 is 0 Å². The van der Waals surface area contributed by atoms with Gasteiger partial charge < -0.3 is 10.2 Å². The van der Waals surface area contributed by atoms with Crippen LogP contribution >= 0.6 is 11.3 Å². The zero-order valence-electron chi connectivity index (χ0n) is 15.0. The van der Waals surface area contributed by atoms with E-state index in [9.17, 15) is 4.79 Å². The van der Waals surface area contributed by atoms with Crippen molar-refractivity contribution in [2.45, 2.75) is 38.8 Å². The first kappa shape index (κ1) is 17.0. The number of nitrogens with one attached hydrogen (secondary N) is 1. The summed E-state index contributed by atoms with van der Waals surface area (Å²) in [6, 6.07) is 11.9. The van der Waals surface area contributed by atoms with Gasteiger partial charge in [-0.2, -0.15) is 0 Å². The summed E-state index contributed by atoms with van der Waals surface area (Å²) < 4.78 is 0. The lowest BCUT2D eigenvalue weighted by Gasteiger charge is -2.25. The van der Waals surface area contributed by atoms with Gasteiger partial charge in [-0.3, -0.25) is 4.79 Å². The quantitative estimate of drug-likeness (QED) is 0.762. The third-order valence-electron chi connectivity index (χ3n) is 4.92. The van der Waals surface area contributed by atoms with Gasteiger partial charge in [-0.15, -0.1) is 11.3 Å². The molecule has 0 spiro atoms. The number of aromatic nitrogens is 2. The number of thiophene rings is 1. The number of aryl methyl sites for hydroxylation is 1. The molecule has 1 aromatic carbocycles. The van der Waals surface area contributed by atoms with Crippen LogP contribution in [0.2, 0.25) is 0 Å². The zero-order valence-corrected chi connectivity index (χ0v) is 15.8. The maximum Gasteiger partial charge on any atom is 0.243 e. The Morgan fingerprint density at radius 3 is 2.92 bits per heavy atom. The third kappa shape index (κ3) is 3.17. The second-order valence-electron chi connectivity index (χ2n) is 6.72. The van der Waals surface area contributed by atoms with E-state index in [4.69, 9.17) is 4.98 Å². The standard InChI is InChI=1S/C20H22N4OS/c1-13-15-7-3-4-8-16(15)23-20(22-13)24-11-5-9-17(24)19(25)21-14(2)18-10-6-12-26-18/h3-4,6-8,10,12,14,17H,5,9,11H2,1-2H3,(H,21,25). The summed E-state index contributed by atoms with van der Waals surface area (Å²) in [5.41, 5.74) is 1.87. The predicted octanol–water partition coefficient (Wildman–Crippen LogP) is 3.85. The number of nitrogens with zero attached hydrogens (tertiary/aromatic N) is 3. The van der Waals surface area contributed by atoms with Crippen LogP contribution in [-0.2, 0) is 4.79 Å². The summed E-state index contributed by atoms with van der Waals surface area (Å²) in [7, 11) is 0. The van der Waals surface area contributed by atoms with Crippen molar-refractivity contribution in [3.05, 3.63) is 52.3 Å². The highest BCUT2D eigenvalue weighted by molar-refractivity contribution is 7.10. The first-order valence-corrected chi connectivity index (χ1v) is 9.85. The molecule has 0 saturated carbocycles. The van der Waals surface area contributed by atoms with Crippen molar-refractivity contribution in [2.75, 3.05) is 11.4 Å². The predicted molar refractivity (Wildman–Crippen MR) is 106 cm³/mol. The van der Waals surface area contributed by atoms with Gasteiger partial charge in [-0.05, 0) is 44.2 Å². The van der Waals surface area contributed by atoms with Gasteiger partial charge in [0.15, 0.2) is 0 Å². The second kappa shape index (κ2) is 7.03. The maximum atomic E-state index is 12.9. The lowest BCUT2D eigenvalue weighted by Crippen LogP contribution is -2.44. The Bertz CT molecular complexity index is 925. The molecule has 1 aliphatic rings. The third-order valence-corrected chi connectivity index (χ3v) is 5.98. The van der Waals surface area contributed by atoms with Crippen LogP contribution < -0.4 is 10.2 Å². The number of anilines is 1. The van der Waals surface area contributed by atoms with Gasteiger partial charge in [0.25, 0.3) is 0 Å². The normalized spacial score (nSPS) is 18.2. The Hall–Kier alpha value is -2.47. The number of para-hydroxylation sites is 1. The Morgan fingerprint density at radius 1 is 1.27 bits per heavy atom. The van der Waals surface area contributed by atoms with Gasteiger partial charge in [0, 0.05) is 16.8 Å². The number of hydrogen-bond donors (Lipinski definition) is 1. The van der Waals surface area contributed by atoms with Gasteiger partial charge in [-0.25, -0.2) is 9.97 Å². The molecule has 2 unspecified atom stereocenters. The van der Waals surface area contributed by atoms with E-state index in [1.165, 1.54) is 4.88 Å². The van der Waals surface area contributed by atoms with E-state index < -0.39 is 0 Å². The van der Waals surface area contributed by atoms with Crippen molar-refractivity contribution < 1.29 is 4.79 Å². The maximum absolute atomic E-state index is 12.9. The molecular formula is C20H22N4OS. The summed E-state index contributed by atoms with van der Waals surface area (Å²) in [6.45, 7) is 4.83. The largest absolute Gasteiger partial charge is 0.347 e. The fraction of sp³-hybridized carbons (Fsp3) is 0.350. The SMILES string of the molecule is Cc1nc(N2CCCC2C(=O)NC(C)c2cccs2)nc2ccccc12. The van der Waals surface area contributed by atoms with Crippen LogP contribution in [0.15, 0.2) is 41.8 Å². The molecule has 26 heavy (non-hydrogen) atoms. The van der Waals surface area contributed by atoms with Crippen molar-refractivity contribution >= 4 is 34.1 Å². The molecule has 5 nitrogen and oxygen atoms in total. The lowest BCUT2D eigenvalue weighted by molar-refractivity contribution is -0.122.